The Morgan fingerprint density at radius 2 is 1.50 bits per heavy atom. The van der Waals surface area contributed by atoms with E-state index in [4.69, 9.17) is 9.59 Å². The van der Waals surface area contributed by atoms with E-state index in [0.29, 0.717) is 0 Å². The molecule has 0 atom stereocenters. The summed E-state index contributed by atoms with van der Waals surface area (Å²) >= 11 is 0. The van der Waals surface area contributed by atoms with Crippen LogP contribution in [0, 0.1) is 0 Å². The predicted octanol–water partition coefficient (Wildman–Crippen LogP) is -0.739. The Kier molecular flexibility index (Phi) is 20.2. The number of hydrogen-bond donors (Lipinski definition) is 0. The molecule has 0 heterocycles. The van der Waals surface area contributed by atoms with Gasteiger partial charge in [-0.05, 0) is 0 Å². The van der Waals surface area contributed by atoms with Crippen molar-refractivity contribution in [3.63, 3.8) is 0 Å². The largest absolute Gasteiger partial charge is 2.00 e. The van der Waals surface area contributed by atoms with Crippen LogP contribution in [0.1, 0.15) is 2.85 Å². The summed E-state index contributed by atoms with van der Waals surface area (Å²) in [7, 11) is 0. The molecule has 20 valence electrons. The van der Waals surface area contributed by atoms with Crippen LogP contribution < -0.4 is 0 Å². The smallest absolute Gasteiger partial charge is 1.00 e. The molecular weight excluding hydrogens is 132 g/mol. The Hall–Kier alpha value is 0.861. The van der Waals surface area contributed by atoms with E-state index in [9.17, 15) is 0 Å². The maximum absolute atomic E-state index is 8.12. The maximum atomic E-state index is 8.12. The minimum atomic E-state index is 0. The Morgan fingerprint density at radius 3 is 1.50 bits per heavy atom. The molecule has 0 aliphatic carbocycles. The van der Waals surface area contributed by atoms with Gasteiger partial charge in [-0.1, -0.05) is 0 Å². The first-order chi connectivity index (χ1) is 1.41. The Balaban J connectivity index is -0.00000000667. The summed E-state index contributed by atoms with van der Waals surface area (Å²) in [5.41, 5.74) is 0. The molecule has 0 aliphatic heterocycles. The van der Waals surface area contributed by atoms with Crippen LogP contribution in [-0.4, -0.2) is 51.6 Å². The monoisotopic (exact) mass is 134 g/mol. The predicted molar refractivity (Wildman–Crippen MR) is 13.0 cm³/mol. The van der Waals surface area contributed by atoms with Gasteiger partial charge in [-0.2, -0.15) is 9.59 Å². The standard InChI is InChI=1S/CO2.Sr.2H/c2-1-3;;;/q;+2;2*-1. The molecule has 0 rings (SSSR count). The summed E-state index contributed by atoms with van der Waals surface area (Å²) in [6.45, 7) is 0. The third-order valence-electron chi connectivity index (χ3n) is 0. The molecule has 0 amide bonds. The van der Waals surface area contributed by atoms with Gasteiger partial charge < -0.3 is 2.85 Å². The average molecular weight is 134 g/mol. The number of hydrogen-bond acceptors (Lipinski definition) is 2. The quantitative estimate of drug-likeness (QED) is 0.408. The van der Waals surface area contributed by atoms with Crippen molar-refractivity contribution < 1.29 is 12.4 Å². The molecule has 0 saturated carbocycles. The van der Waals surface area contributed by atoms with Crippen LogP contribution >= 0.6 is 0 Å². The number of carbonyl (C=O) groups excluding carboxylic acids is 2. The second-order valence-corrected chi connectivity index (χ2v) is 0.0833. The van der Waals surface area contributed by atoms with Gasteiger partial charge in [0, 0.05) is 0 Å². The van der Waals surface area contributed by atoms with Crippen molar-refractivity contribution in [2.24, 2.45) is 0 Å². The topological polar surface area (TPSA) is 34.1 Å². The first kappa shape index (κ1) is 8.85. The van der Waals surface area contributed by atoms with E-state index < -0.39 is 0 Å². The Morgan fingerprint density at radius 1 is 1.50 bits per heavy atom. The van der Waals surface area contributed by atoms with Gasteiger partial charge in [0.25, 0.3) is 0 Å². The van der Waals surface area contributed by atoms with E-state index in [1.54, 1.807) is 0 Å². The fourth-order valence-corrected chi connectivity index (χ4v) is 0. The molecule has 0 fully saturated rings. The van der Waals surface area contributed by atoms with Crippen molar-refractivity contribution in [2.75, 3.05) is 0 Å². The molecule has 0 N–H and O–H groups in total. The molecule has 0 aromatic heterocycles. The zero-order chi connectivity index (χ0) is 2.71. The van der Waals surface area contributed by atoms with E-state index in [2.05, 4.69) is 0 Å². The van der Waals surface area contributed by atoms with Crippen molar-refractivity contribution in [3.8, 4) is 0 Å². The van der Waals surface area contributed by atoms with Crippen LogP contribution in [0.2, 0.25) is 0 Å². The van der Waals surface area contributed by atoms with E-state index >= 15 is 0 Å². The first-order valence-corrected chi connectivity index (χ1v) is 0.408. The van der Waals surface area contributed by atoms with Crippen LogP contribution in [0.15, 0.2) is 0 Å². The fourth-order valence-electron chi connectivity index (χ4n) is 0. The molecule has 2 nitrogen and oxygen atoms in total. The molecule has 0 radical (unpaired) electrons. The van der Waals surface area contributed by atoms with Gasteiger partial charge in [0.2, 0.25) is 0 Å². The minimum absolute atomic E-state index is 0. The van der Waals surface area contributed by atoms with Gasteiger partial charge >= 0.3 is 51.6 Å². The molecular formula is CH2O2Sr. The maximum Gasteiger partial charge on any atom is 2.00 e. The summed E-state index contributed by atoms with van der Waals surface area (Å²) < 4.78 is 0. The SMILES string of the molecule is O=C=O.[H-].[H-].[Sr+2]. The summed E-state index contributed by atoms with van der Waals surface area (Å²) in [5, 5.41) is 0. The van der Waals surface area contributed by atoms with Gasteiger partial charge in [0.1, 0.15) is 0 Å². The Bertz CT molecular complexity index is 32.5. The van der Waals surface area contributed by atoms with Crippen molar-refractivity contribution in [3.05, 3.63) is 0 Å². The zero-order valence-electron chi connectivity index (χ0n) is 4.02. The second-order valence-electron chi connectivity index (χ2n) is 0.0833. The third kappa shape index (κ3) is 13.4. The van der Waals surface area contributed by atoms with E-state index in [1.165, 1.54) is 0 Å². The summed E-state index contributed by atoms with van der Waals surface area (Å²) in [6, 6.07) is 0. The minimum Gasteiger partial charge on any atom is -1.00 e. The normalized spacial score (nSPS) is 2.00. The van der Waals surface area contributed by atoms with E-state index in [1.807, 2.05) is 0 Å². The van der Waals surface area contributed by atoms with Crippen LogP contribution in [0.5, 0.6) is 0 Å². The first-order valence-electron chi connectivity index (χ1n) is 0.408. The summed E-state index contributed by atoms with van der Waals surface area (Å²) in [6.07, 6.45) is 0.250. The average Bonchev–Trinajstić information content (AvgIpc) is 0.918. The molecule has 0 bridgehead atoms. The fraction of sp³-hybridized carbons (Fsp3) is 0. The van der Waals surface area contributed by atoms with Crippen molar-refractivity contribution >= 4 is 51.6 Å². The van der Waals surface area contributed by atoms with Crippen molar-refractivity contribution in [1.29, 1.82) is 0 Å². The van der Waals surface area contributed by atoms with Gasteiger partial charge in [-0.15, -0.1) is 0 Å². The van der Waals surface area contributed by atoms with E-state index in [0.717, 1.165) is 0 Å². The van der Waals surface area contributed by atoms with Gasteiger partial charge in [0.05, 0.1) is 0 Å². The van der Waals surface area contributed by atoms with Crippen LogP contribution in [-0.2, 0) is 9.59 Å². The molecule has 0 aromatic carbocycles. The molecule has 0 aliphatic rings. The molecule has 0 aromatic rings. The molecule has 0 unspecified atom stereocenters. The van der Waals surface area contributed by atoms with Gasteiger partial charge in [-0.3, -0.25) is 0 Å². The van der Waals surface area contributed by atoms with Crippen LogP contribution in [0.4, 0.5) is 0 Å². The van der Waals surface area contributed by atoms with Crippen molar-refractivity contribution in [1.82, 2.24) is 0 Å². The van der Waals surface area contributed by atoms with E-state index in [-0.39, 0.29) is 54.5 Å². The van der Waals surface area contributed by atoms with Crippen molar-refractivity contribution in [2.45, 2.75) is 0 Å². The zero-order valence-corrected chi connectivity index (χ0v) is 5.50. The van der Waals surface area contributed by atoms with Crippen LogP contribution in [0.25, 0.3) is 0 Å². The summed E-state index contributed by atoms with van der Waals surface area (Å²) in [4.78, 5) is 16.2. The Labute approximate surface area is 63.4 Å². The van der Waals surface area contributed by atoms with Crippen LogP contribution in [0.3, 0.4) is 0 Å². The molecule has 0 spiro atoms. The van der Waals surface area contributed by atoms with Gasteiger partial charge in [-0.25, -0.2) is 0 Å². The molecule has 0 saturated heterocycles. The number of rotatable bonds is 0. The second kappa shape index (κ2) is 9.13. The summed E-state index contributed by atoms with van der Waals surface area (Å²) in [5.74, 6) is 0. The molecule has 3 heteroatoms. The molecule has 4 heavy (non-hydrogen) atoms. The third-order valence-corrected chi connectivity index (χ3v) is 0. The van der Waals surface area contributed by atoms with Gasteiger partial charge in [0.15, 0.2) is 0 Å².